The third-order valence-corrected chi connectivity index (χ3v) is 15.9. The van der Waals surface area contributed by atoms with Crippen LogP contribution in [0.4, 0.5) is 35.1 Å². The normalized spacial score (nSPS) is 28.6. The number of ketones is 1. The molecule has 3 saturated carbocycles. The molecule has 0 radical (unpaired) electrons. The molecule has 8 atom stereocenters. The molecule has 378 valence electrons. The minimum absolute atomic E-state index is 0.0309. The highest BCUT2D eigenvalue weighted by atomic mass is 32.2. The van der Waals surface area contributed by atoms with Gasteiger partial charge in [0.25, 0.3) is 0 Å². The number of fused-ring (bicyclic) bond motifs is 5. The highest BCUT2D eigenvalue weighted by Gasteiger charge is 2.67. The Balaban J connectivity index is 0.00000119. The SMILES string of the molecule is CC[C@@H]1[C@@H]2CN(C(=O)[C@H](C(C)(C)C)CC(=O)O[C@@H]3C[C@H]3CCCCCc3nc4ccc(OCC(F)(F)F)cc4nc3O2)[C@@H]1C(=O)C[C@]1(C(=O)NS(=O)(=O)C2(C)CC2)C[C@H]1C(F)F.O=CC(F)(F)F. The van der Waals surface area contributed by atoms with E-state index in [4.69, 9.17) is 29.0 Å². The third kappa shape index (κ3) is 12.4. The maximum atomic E-state index is 14.9. The van der Waals surface area contributed by atoms with Crippen molar-refractivity contribution >= 4 is 50.9 Å². The van der Waals surface area contributed by atoms with E-state index in [9.17, 15) is 62.7 Å². The summed E-state index contributed by atoms with van der Waals surface area (Å²) in [4.78, 5) is 76.5. The number of Topliss-reactive ketones (excluding diaryl/α,β-unsaturated/α-hetero) is 1. The summed E-state index contributed by atoms with van der Waals surface area (Å²) in [6.07, 6.45) is -11.2. The van der Waals surface area contributed by atoms with Crippen LogP contribution in [0.1, 0.15) is 111 Å². The van der Waals surface area contributed by atoms with Gasteiger partial charge in [-0.15, -0.1) is 0 Å². The van der Waals surface area contributed by atoms with E-state index in [0.29, 0.717) is 30.5 Å². The van der Waals surface area contributed by atoms with Crippen LogP contribution in [0.3, 0.4) is 0 Å². The Labute approximate surface area is 388 Å². The van der Waals surface area contributed by atoms with E-state index >= 15 is 0 Å². The molecule has 1 aromatic carbocycles. The molecule has 1 aromatic heterocycles. The van der Waals surface area contributed by atoms with Crippen molar-refractivity contribution in [3.8, 4) is 11.6 Å². The first-order valence-corrected chi connectivity index (χ1v) is 24.1. The average molecular weight is 997 g/mol. The van der Waals surface area contributed by atoms with Gasteiger partial charge in [-0.2, -0.15) is 26.3 Å². The van der Waals surface area contributed by atoms with Crippen LogP contribution < -0.4 is 14.2 Å². The molecule has 1 N–H and O–H groups in total. The number of aromatic nitrogens is 2. The molecular formula is C45H56F8N4O10S. The van der Waals surface area contributed by atoms with Gasteiger partial charge in [-0.05, 0) is 81.8 Å². The number of alkyl halides is 8. The highest BCUT2D eigenvalue weighted by Crippen LogP contribution is 2.59. The van der Waals surface area contributed by atoms with Gasteiger partial charge < -0.3 is 19.1 Å². The topological polar surface area (TPSA) is 188 Å². The molecule has 2 aromatic rings. The number of nitrogens with one attached hydrogen (secondary N) is 1. The molecule has 3 heterocycles. The number of rotatable bonds is 10. The van der Waals surface area contributed by atoms with Gasteiger partial charge in [0.05, 0.1) is 46.1 Å². The monoisotopic (exact) mass is 996 g/mol. The van der Waals surface area contributed by atoms with Crippen molar-refractivity contribution in [1.29, 1.82) is 0 Å². The molecule has 2 bridgehead atoms. The smallest absolute Gasteiger partial charge is 0.446 e. The van der Waals surface area contributed by atoms with E-state index in [0.717, 1.165) is 19.3 Å². The summed E-state index contributed by atoms with van der Waals surface area (Å²) in [6, 6.07) is 2.81. The van der Waals surface area contributed by atoms with E-state index < -0.39 is 124 Å². The van der Waals surface area contributed by atoms with E-state index in [1.54, 1.807) is 27.7 Å². The lowest BCUT2D eigenvalue weighted by atomic mass is 9.77. The highest BCUT2D eigenvalue weighted by molar-refractivity contribution is 7.91. The number of ether oxygens (including phenoxy) is 3. The van der Waals surface area contributed by atoms with Gasteiger partial charge in [0, 0.05) is 24.3 Å². The molecule has 2 aliphatic heterocycles. The number of amides is 2. The summed E-state index contributed by atoms with van der Waals surface area (Å²) in [5.74, 6) is -6.45. The number of hydrogen-bond donors (Lipinski definition) is 1. The molecule has 4 fully saturated rings. The van der Waals surface area contributed by atoms with Gasteiger partial charge in [-0.1, -0.05) is 40.5 Å². The van der Waals surface area contributed by atoms with Gasteiger partial charge in [0.15, 0.2) is 12.4 Å². The molecule has 68 heavy (non-hydrogen) atoms. The van der Waals surface area contributed by atoms with Crippen molar-refractivity contribution < 1.29 is 81.7 Å². The van der Waals surface area contributed by atoms with E-state index in [2.05, 4.69) is 0 Å². The summed E-state index contributed by atoms with van der Waals surface area (Å²) >= 11 is 0. The number of aldehydes is 1. The molecule has 2 amide bonds. The second-order valence-electron chi connectivity index (χ2n) is 19.9. The fourth-order valence-electron chi connectivity index (χ4n) is 9.14. The molecule has 14 nitrogen and oxygen atoms in total. The summed E-state index contributed by atoms with van der Waals surface area (Å²) < 4.78 is 144. The molecule has 3 aliphatic carbocycles. The predicted octanol–water partition coefficient (Wildman–Crippen LogP) is 7.63. The number of benzene rings is 1. The van der Waals surface area contributed by atoms with Gasteiger partial charge in [0.2, 0.25) is 40.4 Å². The Morgan fingerprint density at radius 2 is 1.68 bits per heavy atom. The van der Waals surface area contributed by atoms with Crippen LogP contribution in [0, 0.1) is 34.5 Å². The van der Waals surface area contributed by atoms with Crippen LogP contribution >= 0.6 is 0 Å². The maximum absolute atomic E-state index is 14.9. The van der Waals surface area contributed by atoms with Crippen LogP contribution in [-0.4, -0.2) is 108 Å². The van der Waals surface area contributed by atoms with E-state index in [1.807, 2.05) is 4.72 Å². The number of nitrogens with zero attached hydrogens (tertiary/aromatic N) is 3. The van der Waals surface area contributed by atoms with Crippen molar-refractivity contribution in [2.45, 2.75) is 153 Å². The lowest BCUT2D eigenvalue weighted by molar-refractivity contribution is -0.156. The Morgan fingerprint density at radius 3 is 2.25 bits per heavy atom. The number of halogens is 8. The number of carbonyl (C=O) groups excluding carboxylic acids is 5. The molecular weight excluding hydrogens is 941 g/mol. The second-order valence-corrected chi connectivity index (χ2v) is 22.1. The Bertz CT molecular complexity index is 2360. The van der Waals surface area contributed by atoms with Gasteiger partial charge >= 0.3 is 18.3 Å². The van der Waals surface area contributed by atoms with Gasteiger partial charge in [0.1, 0.15) is 23.7 Å². The molecule has 5 aliphatic rings. The average Bonchev–Trinajstić information content (AvgIpc) is 4.19. The summed E-state index contributed by atoms with van der Waals surface area (Å²) in [5.41, 5.74) is -1.93. The van der Waals surface area contributed by atoms with Crippen LogP contribution in [0.15, 0.2) is 18.2 Å². The first-order valence-electron chi connectivity index (χ1n) is 22.6. The summed E-state index contributed by atoms with van der Waals surface area (Å²) in [6.45, 7) is 6.75. The van der Waals surface area contributed by atoms with Crippen molar-refractivity contribution in [1.82, 2.24) is 19.6 Å². The van der Waals surface area contributed by atoms with Crippen molar-refractivity contribution in [3.63, 3.8) is 0 Å². The summed E-state index contributed by atoms with van der Waals surface area (Å²) in [7, 11) is -4.25. The van der Waals surface area contributed by atoms with Crippen LogP contribution in [0.2, 0.25) is 0 Å². The largest absolute Gasteiger partial charge is 0.484 e. The minimum Gasteiger partial charge on any atom is -0.484 e. The fourth-order valence-corrected chi connectivity index (χ4v) is 10.5. The van der Waals surface area contributed by atoms with Crippen molar-refractivity contribution in [2.75, 3.05) is 13.2 Å². The van der Waals surface area contributed by atoms with E-state index in [1.165, 1.54) is 30.0 Å². The Hall–Kier alpha value is -4.70. The van der Waals surface area contributed by atoms with Gasteiger partial charge in [-0.25, -0.2) is 27.2 Å². The predicted molar refractivity (Wildman–Crippen MR) is 225 cm³/mol. The minimum atomic E-state index is -4.64. The van der Waals surface area contributed by atoms with Crippen LogP contribution in [0.5, 0.6) is 11.6 Å². The standard InChI is InChI=1S/C43H55F5N4O9S.C2HF3O/c1-6-25-33-21-52(35(25)31(53)20-42(19-27(42)36(44)45)39(56)51-62(57,58)41(5)14-15-41)38(55)26(40(2,3)4)18-34(54)60-32-16-23(32)10-8-7-9-11-29-37(61-33)50-30-17-24(12-13-28(30)49-29)59-22-43(46,47)48;3-2(4,5)1-6/h12-13,17,23,25-27,32-33,35-36H,6-11,14-16,18-22H2,1-5H3,(H,51,56);1H/t23-,25-,26-,27+,32-,33+,35+,42-;/m1./s1. The Kier molecular flexibility index (Phi) is 15.2. The number of carbonyl (C=O) groups is 5. The zero-order chi connectivity index (χ0) is 50.4. The van der Waals surface area contributed by atoms with Crippen LogP contribution in [0.25, 0.3) is 11.0 Å². The number of sulfonamides is 1. The molecule has 1 saturated heterocycles. The number of hydrogen-bond acceptors (Lipinski definition) is 12. The van der Waals surface area contributed by atoms with E-state index in [-0.39, 0.29) is 61.4 Å². The number of esters is 1. The Morgan fingerprint density at radius 1 is 1.00 bits per heavy atom. The van der Waals surface area contributed by atoms with Crippen LogP contribution in [-0.2, 0) is 45.2 Å². The van der Waals surface area contributed by atoms with Crippen molar-refractivity contribution in [2.24, 2.45) is 34.5 Å². The number of aryl methyl sites for hydroxylation is 1. The first kappa shape index (κ1) is 52.7. The maximum Gasteiger partial charge on any atom is 0.446 e. The van der Waals surface area contributed by atoms with Gasteiger partial charge in [-0.3, -0.25) is 28.7 Å². The lowest BCUT2D eigenvalue weighted by Crippen LogP contribution is -2.50. The molecule has 0 spiro atoms. The molecule has 7 rings (SSSR count). The fraction of sp³-hybridized carbons (Fsp3) is 0.711. The molecule has 23 heteroatoms. The van der Waals surface area contributed by atoms with Crippen molar-refractivity contribution in [3.05, 3.63) is 23.9 Å². The quantitative estimate of drug-likeness (QED) is 0.140. The molecule has 0 unspecified atom stereocenters. The zero-order valence-electron chi connectivity index (χ0n) is 38.2. The first-order chi connectivity index (χ1) is 31.5. The summed E-state index contributed by atoms with van der Waals surface area (Å²) in [5, 5.41) is 0. The zero-order valence-corrected chi connectivity index (χ0v) is 39.0. The second kappa shape index (κ2) is 19.6. The lowest BCUT2D eigenvalue weighted by Gasteiger charge is -2.35. The third-order valence-electron chi connectivity index (χ3n) is 13.7.